The molecule has 0 bridgehead atoms. The molecule has 0 saturated carbocycles. The van der Waals surface area contributed by atoms with E-state index in [4.69, 9.17) is 4.74 Å². The molecule has 1 aromatic rings. The number of carbonyl (C=O) groups excluding carboxylic acids is 2. The Balaban J connectivity index is 2.08. The number of hydrogen-bond acceptors (Lipinski definition) is 4. The lowest BCUT2D eigenvalue weighted by atomic mass is 9.74. The molecular weight excluding hydrogens is 268 g/mol. The Labute approximate surface area is 124 Å². The predicted molar refractivity (Wildman–Crippen MR) is 79.2 cm³/mol. The van der Waals surface area contributed by atoms with Crippen LogP contribution in [0.4, 0.5) is 5.69 Å². The van der Waals surface area contributed by atoms with E-state index in [1.165, 1.54) is 7.11 Å². The number of nitrogens with zero attached hydrogens (tertiary/aromatic N) is 1. The highest BCUT2D eigenvalue weighted by Crippen LogP contribution is 2.47. The lowest BCUT2D eigenvalue weighted by Gasteiger charge is -2.33. The van der Waals surface area contributed by atoms with E-state index in [2.05, 4.69) is 5.32 Å². The van der Waals surface area contributed by atoms with Crippen molar-refractivity contribution in [3.63, 3.8) is 0 Å². The molecule has 5 heteroatoms. The lowest BCUT2D eigenvalue weighted by molar-refractivity contribution is -0.143. The molecule has 0 radical (unpaired) electrons. The molecule has 5 nitrogen and oxygen atoms in total. The lowest BCUT2D eigenvalue weighted by Crippen LogP contribution is -2.51. The van der Waals surface area contributed by atoms with Crippen LogP contribution in [0.1, 0.15) is 25.3 Å². The minimum Gasteiger partial charge on any atom is -0.467 e. The van der Waals surface area contributed by atoms with Crippen molar-refractivity contribution >= 4 is 17.6 Å². The van der Waals surface area contributed by atoms with E-state index in [1.807, 2.05) is 24.3 Å². The molecule has 2 aliphatic heterocycles. The number of rotatable bonds is 2. The summed E-state index contributed by atoms with van der Waals surface area (Å²) in [6.45, 7) is 3.36. The Kier molecular flexibility index (Phi) is 3.45. The molecule has 2 heterocycles. The number of nitrogens with one attached hydrogen (secondary N) is 1. The summed E-state index contributed by atoms with van der Waals surface area (Å²) >= 11 is 0. The molecule has 0 aromatic heterocycles. The fourth-order valence-corrected chi connectivity index (χ4v) is 3.54. The van der Waals surface area contributed by atoms with Gasteiger partial charge < -0.3 is 10.1 Å². The fourth-order valence-electron chi connectivity index (χ4n) is 3.54. The number of esters is 1. The number of anilines is 1. The van der Waals surface area contributed by atoms with Crippen LogP contribution in [-0.4, -0.2) is 38.1 Å². The van der Waals surface area contributed by atoms with Gasteiger partial charge in [-0.1, -0.05) is 18.2 Å². The van der Waals surface area contributed by atoms with Gasteiger partial charge in [-0.3, -0.25) is 9.69 Å². The first-order valence-electron chi connectivity index (χ1n) is 7.33. The van der Waals surface area contributed by atoms with E-state index in [0.29, 0.717) is 0 Å². The van der Waals surface area contributed by atoms with Crippen LogP contribution in [0.15, 0.2) is 24.3 Å². The van der Waals surface area contributed by atoms with Gasteiger partial charge in [-0.2, -0.15) is 0 Å². The Morgan fingerprint density at radius 2 is 2.00 bits per heavy atom. The number of piperidine rings is 1. The summed E-state index contributed by atoms with van der Waals surface area (Å²) in [4.78, 5) is 26.6. The van der Waals surface area contributed by atoms with Gasteiger partial charge in [0, 0.05) is 5.69 Å². The van der Waals surface area contributed by atoms with Crippen molar-refractivity contribution in [2.75, 3.05) is 25.1 Å². The van der Waals surface area contributed by atoms with Crippen molar-refractivity contribution in [1.29, 1.82) is 0 Å². The van der Waals surface area contributed by atoms with Gasteiger partial charge >= 0.3 is 5.97 Å². The zero-order chi connectivity index (χ0) is 15.0. The second kappa shape index (κ2) is 5.15. The summed E-state index contributed by atoms with van der Waals surface area (Å²) in [5.74, 6) is -0.354. The second-order valence-electron chi connectivity index (χ2n) is 5.72. The largest absolute Gasteiger partial charge is 0.467 e. The average molecular weight is 288 g/mol. The molecule has 1 spiro atoms. The number of methoxy groups -OCH3 is 1. The average Bonchev–Trinajstić information content (AvgIpc) is 2.76. The van der Waals surface area contributed by atoms with Gasteiger partial charge in [-0.05, 0) is 44.5 Å². The minimum atomic E-state index is -0.599. The van der Waals surface area contributed by atoms with Gasteiger partial charge in [0.25, 0.3) is 0 Å². The molecule has 1 N–H and O–H groups in total. The van der Waals surface area contributed by atoms with Crippen molar-refractivity contribution in [3.05, 3.63) is 29.8 Å². The van der Waals surface area contributed by atoms with Gasteiger partial charge in [0.1, 0.15) is 6.04 Å². The molecule has 2 aliphatic rings. The summed E-state index contributed by atoms with van der Waals surface area (Å²) in [6.07, 6.45) is 1.54. The summed E-state index contributed by atoms with van der Waals surface area (Å²) in [5.41, 5.74) is 1.42. The minimum absolute atomic E-state index is 0.0306. The topological polar surface area (TPSA) is 58.6 Å². The van der Waals surface area contributed by atoms with Crippen LogP contribution in [0, 0.1) is 0 Å². The molecule has 21 heavy (non-hydrogen) atoms. The Morgan fingerprint density at radius 3 is 2.67 bits per heavy atom. The van der Waals surface area contributed by atoms with E-state index in [1.54, 1.807) is 11.8 Å². The number of para-hydroxylation sites is 1. The molecule has 1 saturated heterocycles. The fraction of sp³-hybridized carbons (Fsp3) is 0.500. The summed E-state index contributed by atoms with van der Waals surface area (Å²) < 4.78 is 4.82. The molecule has 1 unspecified atom stereocenters. The van der Waals surface area contributed by atoms with Crippen molar-refractivity contribution in [2.45, 2.75) is 31.2 Å². The van der Waals surface area contributed by atoms with Gasteiger partial charge in [0.15, 0.2) is 0 Å². The van der Waals surface area contributed by atoms with E-state index in [-0.39, 0.29) is 11.9 Å². The van der Waals surface area contributed by atoms with E-state index >= 15 is 0 Å². The first-order valence-corrected chi connectivity index (χ1v) is 7.33. The SMILES string of the molecule is COC(=O)C(C)N1C(=O)C2(CCNCC2)c2ccccc21. The molecule has 112 valence electrons. The van der Waals surface area contributed by atoms with Crippen LogP contribution in [0.5, 0.6) is 0 Å². The third-order valence-corrected chi connectivity index (χ3v) is 4.69. The van der Waals surface area contributed by atoms with Crippen molar-refractivity contribution in [1.82, 2.24) is 5.32 Å². The van der Waals surface area contributed by atoms with Crippen LogP contribution < -0.4 is 10.2 Å². The Morgan fingerprint density at radius 1 is 1.33 bits per heavy atom. The zero-order valence-electron chi connectivity index (χ0n) is 12.4. The monoisotopic (exact) mass is 288 g/mol. The molecular formula is C16H20N2O3. The second-order valence-corrected chi connectivity index (χ2v) is 5.72. The van der Waals surface area contributed by atoms with E-state index in [0.717, 1.165) is 37.2 Å². The van der Waals surface area contributed by atoms with Crippen LogP contribution in [0.25, 0.3) is 0 Å². The maximum Gasteiger partial charge on any atom is 0.328 e. The molecule has 1 atom stereocenters. The first-order chi connectivity index (χ1) is 10.1. The van der Waals surface area contributed by atoms with E-state index in [9.17, 15) is 9.59 Å². The normalized spacial score (nSPS) is 21.2. The molecule has 3 rings (SSSR count). The van der Waals surface area contributed by atoms with Crippen LogP contribution in [0.2, 0.25) is 0 Å². The van der Waals surface area contributed by atoms with Gasteiger partial charge in [0.2, 0.25) is 5.91 Å². The molecule has 1 amide bonds. The van der Waals surface area contributed by atoms with Crippen LogP contribution in [-0.2, 0) is 19.7 Å². The van der Waals surface area contributed by atoms with Crippen molar-refractivity contribution in [2.24, 2.45) is 0 Å². The van der Waals surface area contributed by atoms with Gasteiger partial charge in [-0.25, -0.2) is 4.79 Å². The smallest absolute Gasteiger partial charge is 0.328 e. The Hall–Kier alpha value is -1.88. The highest BCUT2D eigenvalue weighted by atomic mass is 16.5. The van der Waals surface area contributed by atoms with E-state index < -0.39 is 11.5 Å². The molecule has 0 aliphatic carbocycles. The predicted octanol–water partition coefficient (Wildman–Crippen LogP) is 1.22. The summed E-state index contributed by atoms with van der Waals surface area (Å²) in [6, 6.07) is 7.20. The number of amides is 1. The molecule has 1 fully saturated rings. The zero-order valence-corrected chi connectivity index (χ0v) is 12.4. The number of benzene rings is 1. The summed E-state index contributed by atoms with van der Waals surface area (Å²) in [5, 5.41) is 3.30. The quantitative estimate of drug-likeness (QED) is 0.831. The van der Waals surface area contributed by atoms with Crippen LogP contribution in [0.3, 0.4) is 0 Å². The third kappa shape index (κ3) is 1.95. The first kappa shape index (κ1) is 14.1. The number of fused-ring (bicyclic) bond motifs is 2. The maximum absolute atomic E-state index is 13.1. The van der Waals surface area contributed by atoms with Gasteiger partial charge in [-0.15, -0.1) is 0 Å². The van der Waals surface area contributed by atoms with Crippen LogP contribution >= 0.6 is 0 Å². The number of ether oxygens (including phenoxy) is 1. The highest BCUT2D eigenvalue weighted by molar-refractivity contribution is 6.11. The summed E-state index contributed by atoms with van der Waals surface area (Å²) in [7, 11) is 1.35. The maximum atomic E-state index is 13.1. The highest BCUT2D eigenvalue weighted by Gasteiger charge is 2.52. The van der Waals surface area contributed by atoms with Crippen molar-refractivity contribution < 1.29 is 14.3 Å². The third-order valence-electron chi connectivity index (χ3n) is 4.69. The number of hydrogen-bond donors (Lipinski definition) is 1. The molecule has 1 aromatic carbocycles. The van der Waals surface area contributed by atoms with Gasteiger partial charge in [0.05, 0.1) is 12.5 Å². The van der Waals surface area contributed by atoms with Crippen molar-refractivity contribution in [3.8, 4) is 0 Å². The number of carbonyl (C=O) groups is 2. The standard InChI is InChI=1S/C16H20N2O3/c1-11(14(19)21-2)18-13-6-4-3-5-12(13)16(15(18)20)7-9-17-10-8-16/h3-6,11,17H,7-10H2,1-2H3. The Bertz CT molecular complexity index is 579.